The summed E-state index contributed by atoms with van der Waals surface area (Å²) >= 11 is 0. The Labute approximate surface area is 300 Å². The van der Waals surface area contributed by atoms with Crippen LogP contribution in [0.4, 0.5) is 0 Å². The zero-order chi connectivity index (χ0) is 34.2. The van der Waals surface area contributed by atoms with Crippen molar-refractivity contribution in [3.8, 4) is 22.3 Å². The van der Waals surface area contributed by atoms with Crippen LogP contribution in [0.1, 0.15) is 35.1 Å². The summed E-state index contributed by atoms with van der Waals surface area (Å²) in [5.74, 6) is 1.04. The van der Waals surface area contributed by atoms with E-state index in [4.69, 9.17) is 0 Å². The Morgan fingerprint density at radius 1 is 0.431 bits per heavy atom. The SMILES string of the molecule is Cc1ccc2c(-c3c4ccc(C)cc4c(-c4cccc5ccccc45)c4ccc(C)cc34)c3ccccc3c(C3=CC=CC4CC=CCC34)c2c1. The summed E-state index contributed by atoms with van der Waals surface area (Å²) in [5.41, 5.74) is 12.0. The molecule has 0 saturated carbocycles. The quantitative estimate of drug-likeness (QED) is 0.132. The molecule has 0 nitrogen and oxygen atoms in total. The van der Waals surface area contributed by atoms with Gasteiger partial charge in [0, 0.05) is 0 Å². The van der Waals surface area contributed by atoms with Gasteiger partial charge in [-0.1, -0.05) is 168 Å². The fourth-order valence-corrected chi connectivity index (χ4v) is 9.43. The molecule has 51 heavy (non-hydrogen) atoms. The number of fused-ring (bicyclic) bond motifs is 6. The maximum Gasteiger partial charge on any atom is -0.00138 e. The molecule has 2 aliphatic rings. The first-order valence-electron chi connectivity index (χ1n) is 18.5. The molecule has 2 unspecified atom stereocenters. The summed E-state index contributed by atoms with van der Waals surface area (Å²) < 4.78 is 0. The second-order valence-corrected chi connectivity index (χ2v) is 14.9. The smallest absolute Gasteiger partial charge is 0.00138 e. The highest BCUT2D eigenvalue weighted by molar-refractivity contribution is 6.30. The zero-order valence-corrected chi connectivity index (χ0v) is 29.5. The topological polar surface area (TPSA) is 0 Å². The Hall–Kier alpha value is -5.72. The zero-order valence-electron chi connectivity index (χ0n) is 29.5. The van der Waals surface area contributed by atoms with Crippen LogP contribution in [-0.2, 0) is 0 Å². The molecule has 0 heteroatoms. The van der Waals surface area contributed by atoms with E-state index in [1.54, 1.807) is 0 Å². The molecular formula is C51H40. The molecule has 244 valence electrons. The van der Waals surface area contributed by atoms with Crippen molar-refractivity contribution in [3.63, 3.8) is 0 Å². The lowest BCUT2D eigenvalue weighted by molar-refractivity contribution is 0.475. The van der Waals surface area contributed by atoms with Gasteiger partial charge in [0.25, 0.3) is 0 Å². The highest BCUT2D eigenvalue weighted by atomic mass is 14.3. The Morgan fingerprint density at radius 3 is 1.65 bits per heavy atom. The number of hydrogen-bond donors (Lipinski definition) is 0. The Morgan fingerprint density at radius 2 is 0.941 bits per heavy atom. The van der Waals surface area contributed by atoms with Crippen molar-refractivity contribution < 1.29 is 0 Å². The molecule has 8 aromatic carbocycles. The molecule has 0 fully saturated rings. The van der Waals surface area contributed by atoms with Crippen molar-refractivity contribution in [2.75, 3.05) is 0 Å². The van der Waals surface area contributed by atoms with Gasteiger partial charge >= 0.3 is 0 Å². The van der Waals surface area contributed by atoms with E-state index in [0.29, 0.717) is 11.8 Å². The minimum absolute atomic E-state index is 0.491. The van der Waals surface area contributed by atoms with E-state index in [-0.39, 0.29) is 0 Å². The summed E-state index contributed by atoms with van der Waals surface area (Å²) in [6, 6.07) is 46.3. The monoisotopic (exact) mass is 652 g/mol. The van der Waals surface area contributed by atoms with E-state index in [9.17, 15) is 0 Å². The van der Waals surface area contributed by atoms with Crippen LogP contribution in [0.25, 0.3) is 81.7 Å². The van der Waals surface area contributed by atoms with Crippen molar-refractivity contribution in [1.29, 1.82) is 0 Å². The van der Waals surface area contributed by atoms with Crippen molar-refractivity contribution in [2.24, 2.45) is 11.8 Å². The van der Waals surface area contributed by atoms with E-state index < -0.39 is 0 Å². The van der Waals surface area contributed by atoms with Crippen LogP contribution in [0, 0.1) is 32.6 Å². The Kier molecular flexibility index (Phi) is 6.90. The molecule has 2 aliphatic carbocycles. The maximum atomic E-state index is 2.46. The van der Waals surface area contributed by atoms with Crippen LogP contribution < -0.4 is 0 Å². The second-order valence-electron chi connectivity index (χ2n) is 14.9. The minimum atomic E-state index is 0.491. The van der Waals surface area contributed by atoms with Gasteiger partial charge in [0.1, 0.15) is 0 Å². The van der Waals surface area contributed by atoms with E-state index in [1.165, 1.54) is 104 Å². The molecule has 0 spiro atoms. The average Bonchev–Trinajstić information content (AvgIpc) is 3.16. The third-order valence-corrected chi connectivity index (χ3v) is 11.7. The number of allylic oxidation sites excluding steroid dienone is 6. The predicted molar refractivity (Wildman–Crippen MR) is 222 cm³/mol. The molecule has 0 aliphatic heterocycles. The molecule has 8 aromatic rings. The highest BCUT2D eigenvalue weighted by Crippen LogP contribution is 2.52. The van der Waals surface area contributed by atoms with Gasteiger partial charge in [0.05, 0.1) is 0 Å². The molecule has 10 rings (SSSR count). The number of rotatable bonds is 3. The van der Waals surface area contributed by atoms with Gasteiger partial charge < -0.3 is 0 Å². The van der Waals surface area contributed by atoms with Gasteiger partial charge in [0.2, 0.25) is 0 Å². The minimum Gasteiger partial charge on any atom is -0.0879 e. The first-order valence-corrected chi connectivity index (χ1v) is 18.5. The molecule has 0 saturated heterocycles. The van der Waals surface area contributed by atoms with E-state index >= 15 is 0 Å². The number of hydrogen-bond acceptors (Lipinski definition) is 0. The fourth-order valence-electron chi connectivity index (χ4n) is 9.43. The fraction of sp³-hybridized carbons (Fsp3) is 0.137. The van der Waals surface area contributed by atoms with E-state index in [2.05, 4.69) is 172 Å². The third kappa shape index (κ3) is 4.66. The van der Waals surface area contributed by atoms with E-state index in [0.717, 1.165) is 12.8 Å². The average molecular weight is 653 g/mol. The van der Waals surface area contributed by atoms with Crippen molar-refractivity contribution >= 4 is 59.4 Å². The lowest BCUT2D eigenvalue weighted by Crippen LogP contribution is -2.19. The van der Waals surface area contributed by atoms with Gasteiger partial charge in [0.15, 0.2) is 0 Å². The largest absolute Gasteiger partial charge is 0.0879 e. The molecule has 0 amide bonds. The summed E-state index contributed by atoms with van der Waals surface area (Å²) in [7, 11) is 0. The Bertz CT molecular complexity index is 2830. The normalized spacial score (nSPS) is 17.1. The lowest BCUT2D eigenvalue weighted by Gasteiger charge is -2.33. The third-order valence-electron chi connectivity index (χ3n) is 11.7. The first-order chi connectivity index (χ1) is 25.0. The predicted octanol–water partition coefficient (Wildman–Crippen LogP) is 14.2. The molecular weight excluding hydrogens is 613 g/mol. The van der Waals surface area contributed by atoms with Gasteiger partial charge in [-0.05, 0) is 133 Å². The maximum absolute atomic E-state index is 2.46. The standard InChI is InChI=1S/C51H40/c1-31-23-26-43-45(28-31)48(38-20-10-14-34-12-4-6-16-36(34)38)40-18-8-9-19-41(40)50(43)51-44-27-24-32(2)29-46(44)49(42-25-22-33(3)30-47(42)51)39-21-11-15-35-13-5-7-17-37(35)39/h4-11,13-15,17-30,34,36H,12,16H2,1-3H3. The van der Waals surface area contributed by atoms with Gasteiger partial charge in [-0.25, -0.2) is 0 Å². The molecule has 0 bridgehead atoms. The highest BCUT2D eigenvalue weighted by Gasteiger charge is 2.30. The lowest BCUT2D eigenvalue weighted by atomic mass is 9.71. The molecule has 0 heterocycles. The Balaban J connectivity index is 1.39. The van der Waals surface area contributed by atoms with Crippen LogP contribution in [-0.4, -0.2) is 0 Å². The van der Waals surface area contributed by atoms with Gasteiger partial charge in [-0.2, -0.15) is 0 Å². The van der Waals surface area contributed by atoms with Crippen molar-refractivity contribution in [3.05, 3.63) is 174 Å². The van der Waals surface area contributed by atoms with E-state index in [1.807, 2.05) is 0 Å². The summed E-state index contributed by atoms with van der Waals surface area (Å²) in [5, 5.41) is 13.1. The van der Waals surface area contributed by atoms with Gasteiger partial charge in [-0.3, -0.25) is 0 Å². The summed E-state index contributed by atoms with van der Waals surface area (Å²) in [4.78, 5) is 0. The summed E-state index contributed by atoms with van der Waals surface area (Å²) in [6.07, 6.45) is 14.1. The number of aryl methyl sites for hydroxylation is 3. The van der Waals surface area contributed by atoms with Crippen LogP contribution in [0.3, 0.4) is 0 Å². The second kappa shape index (κ2) is 11.7. The van der Waals surface area contributed by atoms with Crippen molar-refractivity contribution in [2.45, 2.75) is 33.6 Å². The van der Waals surface area contributed by atoms with Gasteiger partial charge in [-0.15, -0.1) is 0 Å². The van der Waals surface area contributed by atoms with Crippen LogP contribution in [0.5, 0.6) is 0 Å². The summed E-state index contributed by atoms with van der Waals surface area (Å²) in [6.45, 7) is 6.71. The molecule has 0 aromatic heterocycles. The first kappa shape index (κ1) is 30.1. The van der Waals surface area contributed by atoms with Crippen LogP contribution in [0.15, 0.2) is 152 Å². The molecule has 2 atom stereocenters. The van der Waals surface area contributed by atoms with Crippen LogP contribution >= 0.6 is 0 Å². The molecule has 0 radical (unpaired) electrons. The molecule has 0 N–H and O–H groups in total. The number of benzene rings is 8. The van der Waals surface area contributed by atoms with Crippen molar-refractivity contribution in [1.82, 2.24) is 0 Å². The van der Waals surface area contributed by atoms with Crippen LogP contribution in [0.2, 0.25) is 0 Å².